The molecule has 0 spiro atoms. The summed E-state index contributed by atoms with van der Waals surface area (Å²) in [7, 11) is -6.70. The van der Waals surface area contributed by atoms with Gasteiger partial charge in [-0.1, -0.05) is 24.3 Å². The Morgan fingerprint density at radius 1 is 0.657 bits per heavy atom. The Morgan fingerprint density at radius 3 is 1.34 bits per heavy atom. The normalized spacial score (nSPS) is 13.1. The van der Waals surface area contributed by atoms with Gasteiger partial charge in [0, 0.05) is 36.8 Å². The van der Waals surface area contributed by atoms with Crippen LogP contribution in [0.5, 0.6) is 0 Å². The maximum atomic E-state index is 13.4. The highest BCUT2D eigenvalue weighted by Crippen LogP contribution is 2.18. The van der Waals surface area contributed by atoms with Crippen molar-refractivity contribution in [2.45, 2.75) is 22.5 Å². The Bertz CT molecular complexity index is 1370. The van der Waals surface area contributed by atoms with E-state index in [4.69, 9.17) is 0 Å². The molecule has 0 aliphatic rings. The van der Waals surface area contributed by atoms with Gasteiger partial charge in [0.1, 0.15) is 0 Å². The molecule has 5 nitrogen and oxygen atoms in total. The summed E-state index contributed by atoms with van der Waals surface area (Å²) in [5, 5.41) is 0. The maximum Gasteiger partial charge on any atom is 0.448 e. The fraction of sp³-hybridized carbons (Fsp3) is 0.160. The van der Waals surface area contributed by atoms with E-state index >= 15 is 0 Å². The lowest BCUT2D eigenvalue weighted by atomic mass is 10.1. The van der Waals surface area contributed by atoms with Gasteiger partial charge in [0.25, 0.3) is 0 Å². The highest BCUT2D eigenvalue weighted by molar-refractivity contribution is 7.91. The van der Waals surface area contributed by atoms with Gasteiger partial charge < -0.3 is 0 Å². The van der Waals surface area contributed by atoms with Crippen LogP contribution in [0.25, 0.3) is 24.3 Å². The summed E-state index contributed by atoms with van der Waals surface area (Å²) in [6.45, 7) is -1.22. The molecule has 0 radical (unpaired) electrons. The monoisotopic (exact) mass is 522 g/mol. The lowest BCUT2D eigenvalue weighted by molar-refractivity contribution is -0.722. The topological polar surface area (TPSA) is 72.2 Å². The number of hydrogen-bond acceptors (Lipinski definition) is 4. The van der Waals surface area contributed by atoms with Crippen molar-refractivity contribution in [1.82, 2.24) is 0 Å². The molecule has 0 N–H and O–H groups in total. The van der Waals surface area contributed by atoms with Crippen LogP contribution in [0.3, 0.4) is 0 Å². The van der Waals surface area contributed by atoms with Crippen molar-refractivity contribution in [1.29, 1.82) is 0 Å². The van der Waals surface area contributed by atoms with E-state index in [1.807, 2.05) is 0 Å². The van der Waals surface area contributed by atoms with E-state index in [0.717, 1.165) is 17.1 Å². The molecule has 1 heterocycles. The van der Waals surface area contributed by atoms with Crippen LogP contribution in [0.4, 0.5) is 13.2 Å². The largest absolute Gasteiger partial charge is 0.448 e. The van der Waals surface area contributed by atoms with E-state index in [1.54, 1.807) is 54.6 Å². The van der Waals surface area contributed by atoms with Crippen LogP contribution in [-0.2, 0) is 26.2 Å². The number of halogens is 3. The standard InChI is InChI=1S/C25H23F3NO4S2/c1-34(30,31)23-14-8-19(9-15-23)6-12-21-4-3-5-22(29(21)18-25(26,27)28)13-7-20-10-16-24(17-11-20)35(2,32)33/h3-17H,18H2,1-2H3/q+1/b12-6+,13-7+. The zero-order chi connectivity index (χ0) is 25.9. The molecule has 0 aliphatic heterocycles. The van der Waals surface area contributed by atoms with Crippen LogP contribution in [0.1, 0.15) is 22.5 Å². The van der Waals surface area contributed by atoms with Crippen LogP contribution in [-0.4, -0.2) is 35.5 Å². The molecule has 0 bridgehead atoms. The first-order chi connectivity index (χ1) is 16.2. The molecule has 0 aliphatic carbocycles. The summed E-state index contributed by atoms with van der Waals surface area (Å²) < 4.78 is 87.6. The number of hydrogen-bond donors (Lipinski definition) is 0. The van der Waals surface area contributed by atoms with Gasteiger partial charge in [-0.15, -0.1) is 0 Å². The van der Waals surface area contributed by atoms with Crippen molar-refractivity contribution in [2.75, 3.05) is 12.5 Å². The Hall–Kier alpha value is -3.24. The Kier molecular flexibility index (Phi) is 7.66. The van der Waals surface area contributed by atoms with Crippen molar-refractivity contribution in [3.8, 4) is 0 Å². The van der Waals surface area contributed by atoms with Crippen LogP contribution in [0.2, 0.25) is 0 Å². The third kappa shape index (κ3) is 7.63. The van der Waals surface area contributed by atoms with Crippen molar-refractivity contribution < 1.29 is 34.6 Å². The van der Waals surface area contributed by atoms with E-state index in [9.17, 15) is 30.0 Å². The number of aromatic nitrogens is 1. The summed E-state index contributed by atoms with van der Waals surface area (Å²) in [4.78, 5) is 0.303. The summed E-state index contributed by atoms with van der Waals surface area (Å²) in [5.74, 6) is 0. The summed E-state index contributed by atoms with van der Waals surface area (Å²) >= 11 is 0. The second-order valence-electron chi connectivity index (χ2n) is 7.93. The minimum absolute atomic E-state index is 0.151. The molecule has 3 aromatic rings. The van der Waals surface area contributed by atoms with Gasteiger partial charge in [-0.2, -0.15) is 17.7 Å². The third-order valence-electron chi connectivity index (χ3n) is 5.00. The minimum atomic E-state index is -4.47. The first-order valence-electron chi connectivity index (χ1n) is 10.3. The lowest BCUT2D eigenvalue weighted by Gasteiger charge is -2.07. The van der Waals surface area contributed by atoms with Gasteiger partial charge in [0.05, 0.1) is 9.79 Å². The minimum Gasteiger partial charge on any atom is -0.224 e. The molecule has 3 rings (SSSR count). The maximum absolute atomic E-state index is 13.4. The predicted octanol–water partition coefficient (Wildman–Crippen LogP) is 4.68. The molecule has 0 atom stereocenters. The molecular weight excluding hydrogens is 499 g/mol. The first-order valence-corrected chi connectivity index (χ1v) is 14.1. The van der Waals surface area contributed by atoms with Gasteiger partial charge in [-0.3, -0.25) is 0 Å². The predicted molar refractivity (Wildman–Crippen MR) is 130 cm³/mol. The van der Waals surface area contributed by atoms with E-state index < -0.39 is 32.4 Å². The molecular formula is C25H23F3NO4S2+. The molecule has 35 heavy (non-hydrogen) atoms. The quantitative estimate of drug-likeness (QED) is 0.423. The molecule has 0 saturated heterocycles. The Morgan fingerprint density at radius 2 is 1.03 bits per heavy atom. The average Bonchev–Trinajstić information content (AvgIpc) is 2.76. The number of pyridine rings is 1. The van der Waals surface area contributed by atoms with Crippen molar-refractivity contribution in [3.05, 3.63) is 89.2 Å². The lowest BCUT2D eigenvalue weighted by Crippen LogP contribution is -2.46. The van der Waals surface area contributed by atoms with E-state index in [1.165, 1.54) is 36.4 Å². The fourth-order valence-electron chi connectivity index (χ4n) is 3.24. The highest BCUT2D eigenvalue weighted by Gasteiger charge is 2.35. The molecule has 0 unspecified atom stereocenters. The first kappa shape index (κ1) is 26.4. The molecule has 2 aromatic carbocycles. The van der Waals surface area contributed by atoms with Crippen LogP contribution < -0.4 is 4.57 Å². The molecule has 10 heteroatoms. The zero-order valence-electron chi connectivity index (χ0n) is 18.9. The van der Waals surface area contributed by atoms with Crippen LogP contribution >= 0.6 is 0 Å². The smallest absolute Gasteiger partial charge is 0.224 e. The third-order valence-corrected chi connectivity index (χ3v) is 7.26. The number of sulfone groups is 2. The zero-order valence-corrected chi connectivity index (χ0v) is 20.5. The number of alkyl halides is 3. The van der Waals surface area contributed by atoms with Gasteiger partial charge in [-0.05, 0) is 53.6 Å². The van der Waals surface area contributed by atoms with E-state index in [2.05, 4.69) is 0 Å². The van der Waals surface area contributed by atoms with Crippen molar-refractivity contribution in [3.63, 3.8) is 0 Å². The average molecular weight is 523 g/mol. The molecule has 184 valence electrons. The molecule has 0 fully saturated rings. The summed E-state index contributed by atoms with van der Waals surface area (Å²) in [6, 6.07) is 16.8. The second kappa shape index (κ2) is 10.2. The number of benzene rings is 2. The van der Waals surface area contributed by atoms with Gasteiger partial charge in [0.2, 0.25) is 17.9 Å². The molecule has 0 amide bonds. The molecule has 0 saturated carbocycles. The number of nitrogens with zero attached hydrogens (tertiary/aromatic N) is 1. The fourth-order valence-corrected chi connectivity index (χ4v) is 4.50. The van der Waals surface area contributed by atoms with E-state index in [-0.39, 0.29) is 9.79 Å². The van der Waals surface area contributed by atoms with Gasteiger partial charge in [0.15, 0.2) is 19.7 Å². The molecule has 1 aromatic heterocycles. The summed E-state index contributed by atoms with van der Waals surface area (Å²) in [6.07, 6.45) is 3.98. The Balaban J connectivity index is 1.94. The Labute approximate surface area is 202 Å². The van der Waals surface area contributed by atoms with Crippen molar-refractivity contribution >= 4 is 44.0 Å². The summed E-state index contributed by atoms with van der Waals surface area (Å²) in [5.41, 5.74) is 1.85. The van der Waals surface area contributed by atoms with Gasteiger partial charge in [-0.25, -0.2) is 16.8 Å². The van der Waals surface area contributed by atoms with Crippen LogP contribution in [0.15, 0.2) is 76.5 Å². The SMILES string of the molecule is CS(=O)(=O)c1ccc(/C=C/c2cccc(/C=C/c3ccc(S(C)(=O)=O)cc3)[n+]2CC(F)(F)F)cc1. The number of rotatable bonds is 7. The van der Waals surface area contributed by atoms with Crippen molar-refractivity contribution in [2.24, 2.45) is 0 Å². The second-order valence-corrected chi connectivity index (χ2v) is 12.0. The van der Waals surface area contributed by atoms with Gasteiger partial charge >= 0.3 is 6.18 Å². The highest BCUT2D eigenvalue weighted by atomic mass is 32.2. The van der Waals surface area contributed by atoms with E-state index in [0.29, 0.717) is 22.5 Å². The van der Waals surface area contributed by atoms with Crippen LogP contribution in [0, 0.1) is 0 Å².